The molecular formula is C15H20BrNO. The Labute approximate surface area is 117 Å². The smallest absolute Gasteiger partial charge is 0.176 e. The average Bonchev–Trinajstić information content (AvgIpc) is 2.28. The standard InChI is InChI=1S/C15H20BrNO/c1-15(2)8-3-9-17(11-15)10-14(18)12-4-6-13(16)7-5-12/h4-7H,3,8-11H2,1-2H3. The lowest BCUT2D eigenvalue weighted by Crippen LogP contribution is -2.42. The number of carbonyl (C=O) groups excluding carboxylic acids is 1. The molecule has 0 aromatic heterocycles. The minimum Gasteiger partial charge on any atom is -0.295 e. The second-order valence-electron chi connectivity index (χ2n) is 5.91. The van der Waals surface area contributed by atoms with E-state index in [0.29, 0.717) is 12.0 Å². The first kappa shape index (κ1) is 13.8. The summed E-state index contributed by atoms with van der Waals surface area (Å²) in [5.41, 5.74) is 1.15. The molecule has 1 heterocycles. The van der Waals surface area contributed by atoms with Crippen LogP contribution in [-0.2, 0) is 0 Å². The van der Waals surface area contributed by atoms with Gasteiger partial charge in [-0.2, -0.15) is 0 Å². The normalized spacial score (nSPS) is 19.7. The van der Waals surface area contributed by atoms with Crippen molar-refractivity contribution >= 4 is 21.7 Å². The van der Waals surface area contributed by atoms with E-state index in [4.69, 9.17) is 0 Å². The van der Waals surface area contributed by atoms with Crippen LogP contribution in [0.25, 0.3) is 0 Å². The molecule has 0 N–H and O–H groups in total. The number of ketones is 1. The number of nitrogens with zero attached hydrogens (tertiary/aromatic N) is 1. The Bertz CT molecular complexity index is 425. The van der Waals surface area contributed by atoms with Crippen molar-refractivity contribution in [2.24, 2.45) is 5.41 Å². The van der Waals surface area contributed by atoms with Crippen molar-refractivity contribution in [3.63, 3.8) is 0 Å². The van der Waals surface area contributed by atoms with E-state index in [0.717, 1.165) is 23.1 Å². The van der Waals surface area contributed by atoms with Gasteiger partial charge in [-0.3, -0.25) is 9.69 Å². The highest BCUT2D eigenvalue weighted by Gasteiger charge is 2.27. The molecule has 98 valence electrons. The summed E-state index contributed by atoms with van der Waals surface area (Å²) >= 11 is 3.39. The molecule has 2 rings (SSSR count). The highest BCUT2D eigenvalue weighted by molar-refractivity contribution is 9.10. The highest BCUT2D eigenvalue weighted by atomic mass is 79.9. The molecule has 1 aliphatic rings. The van der Waals surface area contributed by atoms with Crippen molar-refractivity contribution in [1.82, 2.24) is 4.90 Å². The number of hydrogen-bond acceptors (Lipinski definition) is 2. The molecule has 0 saturated carbocycles. The van der Waals surface area contributed by atoms with Gasteiger partial charge in [0.05, 0.1) is 6.54 Å². The van der Waals surface area contributed by atoms with Crippen molar-refractivity contribution in [3.05, 3.63) is 34.3 Å². The lowest BCUT2D eigenvalue weighted by Gasteiger charge is -2.37. The predicted octanol–water partition coefficient (Wildman–Crippen LogP) is 3.75. The maximum Gasteiger partial charge on any atom is 0.176 e. The van der Waals surface area contributed by atoms with Crippen LogP contribution in [0.3, 0.4) is 0 Å². The molecule has 1 saturated heterocycles. The minimum absolute atomic E-state index is 0.222. The number of halogens is 1. The molecule has 0 bridgehead atoms. The molecule has 0 atom stereocenters. The van der Waals surface area contributed by atoms with E-state index in [2.05, 4.69) is 34.7 Å². The van der Waals surface area contributed by atoms with Gasteiger partial charge in [0.2, 0.25) is 0 Å². The van der Waals surface area contributed by atoms with Gasteiger partial charge < -0.3 is 0 Å². The fraction of sp³-hybridized carbons (Fsp3) is 0.533. The Morgan fingerprint density at radius 2 is 2.00 bits per heavy atom. The van der Waals surface area contributed by atoms with Crippen molar-refractivity contribution in [1.29, 1.82) is 0 Å². The summed E-state index contributed by atoms with van der Waals surface area (Å²) in [5.74, 6) is 0.222. The number of benzene rings is 1. The number of Topliss-reactive ketones (excluding diaryl/α,β-unsaturated/α-hetero) is 1. The SMILES string of the molecule is CC1(C)CCCN(CC(=O)c2ccc(Br)cc2)C1. The van der Waals surface area contributed by atoms with Gasteiger partial charge in [0, 0.05) is 16.6 Å². The maximum absolute atomic E-state index is 12.2. The highest BCUT2D eigenvalue weighted by Crippen LogP contribution is 2.28. The number of likely N-dealkylation sites (tertiary alicyclic amines) is 1. The minimum atomic E-state index is 0.222. The van der Waals surface area contributed by atoms with Gasteiger partial charge in [0.1, 0.15) is 0 Å². The Morgan fingerprint density at radius 3 is 2.61 bits per heavy atom. The van der Waals surface area contributed by atoms with Crippen LogP contribution in [-0.4, -0.2) is 30.3 Å². The van der Waals surface area contributed by atoms with Crippen molar-refractivity contribution in [3.8, 4) is 0 Å². The van der Waals surface area contributed by atoms with E-state index in [1.807, 2.05) is 24.3 Å². The molecule has 0 amide bonds. The summed E-state index contributed by atoms with van der Waals surface area (Å²) in [4.78, 5) is 14.5. The molecule has 1 aliphatic heterocycles. The van der Waals surface area contributed by atoms with Crippen LogP contribution >= 0.6 is 15.9 Å². The first-order valence-electron chi connectivity index (χ1n) is 6.47. The summed E-state index contributed by atoms with van der Waals surface area (Å²) in [6.07, 6.45) is 2.45. The van der Waals surface area contributed by atoms with Crippen LogP contribution in [0.1, 0.15) is 37.0 Å². The molecule has 0 aliphatic carbocycles. The fourth-order valence-corrected chi connectivity index (χ4v) is 2.87. The molecule has 1 aromatic carbocycles. The van der Waals surface area contributed by atoms with Gasteiger partial charge in [-0.15, -0.1) is 0 Å². The summed E-state index contributed by atoms with van der Waals surface area (Å²) in [7, 11) is 0. The summed E-state index contributed by atoms with van der Waals surface area (Å²) in [6.45, 7) is 7.18. The lowest BCUT2D eigenvalue weighted by molar-refractivity contribution is 0.0810. The fourth-order valence-electron chi connectivity index (χ4n) is 2.61. The molecule has 2 nitrogen and oxygen atoms in total. The van der Waals surface area contributed by atoms with Gasteiger partial charge in [0.25, 0.3) is 0 Å². The number of piperidine rings is 1. The zero-order chi connectivity index (χ0) is 13.2. The van der Waals surface area contributed by atoms with Gasteiger partial charge in [0.15, 0.2) is 5.78 Å². The lowest BCUT2D eigenvalue weighted by atomic mass is 9.84. The van der Waals surface area contributed by atoms with Crippen LogP contribution in [0.2, 0.25) is 0 Å². The monoisotopic (exact) mass is 309 g/mol. The molecule has 0 unspecified atom stereocenters. The molecule has 1 aromatic rings. The summed E-state index contributed by atoms with van der Waals surface area (Å²) in [5, 5.41) is 0. The maximum atomic E-state index is 12.2. The quantitative estimate of drug-likeness (QED) is 0.793. The van der Waals surface area contributed by atoms with Gasteiger partial charge in [-0.25, -0.2) is 0 Å². The summed E-state index contributed by atoms with van der Waals surface area (Å²) in [6, 6.07) is 7.63. The van der Waals surface area contributed by atoms with E-state index in [9.17, 15) is 4.79 Å². The molecule has 0 radical (unpaired) electrons. The number of rotatable bonds is 3. The van der Waals surface area contributed by atoms with Crippen LogP contribution in [0.5, 0.6) is 0 Å². The molecule has 1 fully saturated rings. The Balaban J connectivity index is 1.97. The zero-order valence-electron chi connectivity index (χ0n) is 11.1. The third-order valence-corrected chi connectivity index (χ3v) is 4.04. The Kier molecular flexibility index (Phi) is 4.23. The molecule has 0 spiro atoms. The van der Waals surface area contributed by atoms with Crippen molar-refractivity contribution in [2.75, 3.05) is 19.6 Å². The third-order valence-electron chi connectivity index (χ3n) is 3.51. The molecule has 18 heavy (non-hydrogen) atoms. The number of carbonyl (C=O) groups is 1. The number of hydrogen-bond donors (Lipinski definition) is 0. The van der Waals surface area contributed by atoms with E-state index < -0.39 is 0 Å². The van der Waals surface area contributed by atoms with E-state index in [1.54, 1.807) is 0 Å². The Hall–Kier alpha value is -0.670. The van der Waals surface area contributed by atoms with Crippen LogP contribution in [0.15, 0.2) is 28.7 Å². The molecular weight excluding hydrogens is 290 g/mol. The summed E-state index contributed by atoms with van der Waals surface area (Å²) < 4.78 is 1.01. The van der Waals surface area contributed by atoms with Crippen LogP contribution in [0, 0.1) is 5.41 Å². The van der Waals surface area contributed by atoms with Crippen molar-refractivity contribution in [2.45, 2.75) is 26.7 Å². The first-order valence-corrected chi connectivity index (χ1v) is 7.27. The van der Waals surface area contributed by atoms with Crippen LogP contribution in [0.4, 0.5) is 0 Å². The molecule has 3 heteroatoms. The van der Waals surface area contributed by atoms with Gasteiger partial charge in [-0.1, -0.05) is 41.9 Å². The first-order chi connectivity index (χ1) is 8.46. The predicted molar refractivity (Wildman–Crippen MR) is 77.9 cm³/mol. The van der Waals surface area contributed by atoms with E-state index >= 15 is 0 Å². The average molecular weight is 310 g/mol. The van der Waals surface area contributed by atoms with Gasteiger partial charge >= 0.3 is 0 Å². The Morgan fingerprint density at radius 1 is 1.33 bits per heavy atom. The van der Waals surface area contributed by atoms with Crippen LogP contribution < -0.4 is 0 Å². The second kappa shape index (κ2) is 5.54. The van der Waals surface area contributed by atoms with Gasteiger partial charge in [-0.05, 0) is 36.9 Å². The van der Waals surface area contributed by atoms with E-state index in [-0.39, 0.29) is 5.78 Å². The second-order valence-corrected chi connectivity index (χ2v) is 6.82. The largest absolute Gasteiger partial charge is 0.295 e. The topological polar surface area (TPSA) is 20.3 Å². The van der Waals surface area contributed by atoms with Crippen molar-refractivity contribution < 1.29 is 4.79 Å². The zero-order valence-corrected chi connectivity index (χ0v) is 12.7. The van der Waals surface area contributed by atoms with E-state index in [1.165, 1.54) is 12.8 Å². The third kappa shape index (κ3) is 3.66.